The molecule has 11 heteroatoms. The first kappa shape index (κ1) is 18.7. The van der Waals surface area contributed by atoms with Crippen molar-refractivity contribution in [1.82, 2.24) is 5.32 Å². The van der Waals surface area contributed by atoms with Crippen LogP contribution < -0.4 is 5.32 Å². The van der Waals surface area contributed by atoms with Crippen molar-refractivity contribution in [3.05, 3.63) is 0 Å². The van der Waals surface area contributed by atoms with E-state index in [2.05, 4.69) is 5.32 Å². The number of hydrogen-bond donors (Lipinski definition) is 7. The summed E-state index contributed by atoms with van der Waals surface area (Å²) >= 11 is 0. The second kappa shape index (κ2) is 6.81. The molecular weight excluding hydrogens is 309 g/mol. The lowest BCUT2D eigenvalue weighted by Crippen LogP contribution is -2.67. The summed E-state index contributed by atoms with van der Waals surface area (Å²) in [4.78, 5) is 22.1. The van der Waals surface area contributed by atoms with E-state index in [4.69, 9.17) is 14.9 Å². The van der Waals surface area contributed by atoms with Crippen LogP contribution in [0.25, 0.3) is 0 Å². The van der Waals surface area contributed by atoms with Gasteiger partial charge in [-0.2, -0.15) is 0 Å². The Hall–Kier alpha value is -1.37. The zero-order valence-electron chi connectivity index (χ0n) is 11.5. The molecule has 128 valence electrons. The number of carboxylic acids is 1. The molecule has 1 heterocycles. The molecule has 0 aromatic rings. The van der Waals surface area contributed by atoms with Crippen LogP contribution in [0.2, 0.25) is 0 Å². The molecule has 1 aliphatic heterocycles. The first-order valence-electron chi connectivity index (χ1n) is 6.26. The number of carbonyl (C=O) groups is 2. The van der Waals surface area contributed by atoms with Crippen molar-refractivity contribution < 1.29 is 49.4 Å². The smallest absolute Gasteiger partial charge is 0.364 e. The van der Waals surface area contributed by atoms with Gasteiger partial charge in [0, 0.05) is 13.3 Å². The minimum Gasteiger partial charge on any atom is -0.477 e. The molecule has 0 aliphatic carbocycles. The summed E-state index contributed by atoms with van der Waals surface area (Å²) in [5.41, 5.74) is 0. The quantitative estimate of drug-likeness (QED) is 0.269. The summed E-state index contributed by atoms with van der Waals surface area (Å²) in [5.74, 6) is -5.50. The number of aliphatic hydroxyl groups is 5. The van der Waals surface area contributed by atoms with Gasteiger partial charge in [0.2, 0.25) is 12.3 Å². The van der Waals surface area contributed by atoms with Gasteiger partial charge in [-0.1, -0.05) is 0 Å². The molecule has 0 spiro atoms. The fourth-order valence-electron chi connectivity index (χ4n) is 2.17. The monoisotopic (exact) mass is 327 g/mol. The molecule has 1 amide bonds. The lowest BCUT2D eigenvalue weighted by molar-refractivity contribution is -0.298. The second-order valence-corrected chi connectivity index (χ2v) is 5.02. The molecule has 1 fully saturated rings. The van der Waals surface area contributed by atoms with Crippen molar-refractivity contribution in [2.24, 2.45) is 0 Å². The molecule has 7 N–H and O–H groups in total. The molecule has 7 atom stereocenters. The number of halogens is 1. The molecule has 10 nitrogen and oxygen atoms in total. The molecule has 0 saturated carbocycles. The van der Waals surface area contributed by atoms with Gasteiger partial charge in [-0.25, -0.2) is 9.18 Å². The first-order valence-corrected chi connectivity index (χ1v) is 6.26. The maximum atomic E-state index is 12.7. The number of rotatable bonds is 5. The Morgan fingerprint density at radius 3 is 2.32 bits per heavy atom. The number of aliphatic carboxylic acids is 1. The highest BCUT2D eigenvalue weighted by atomic mass is 19.1. The molecule has 0 bridgehead atoms. The highest BCUT2D eigenvalue weighted by Gasteiger charge is 2.54. The van der Waals surface area contributed by atoms with Gasteiger partial charge in [0.15, 0.2) is 0 Å². The fraction of sp³-hybridized carbons (Fsp3) is 0.818. The fourth-order valence-corrected chi connectivity index (χ4v) is 2.17. The van der Waals surface area contributed by atoms with Gasteiger partial charge in [0.25, 0.3) is 5.79 Å². The standard InChI is InChI=1S/C11H18FNO9/c1-3(14)13-5-4(15)2-11(21,10(19)20)22-8(5)6(16)7(17)9(12)18/h4-9,15-18,21H,2H2,1H3,(H,13,14)(H,19,20)/t4-,5+,6?,7-,8+,9?,11+/m0/s1. The van der Waals surface area contributed by atoms with E-state index in [0.29, 0.717) is 0 Å². The Kier molecular flexibility index (Phi) is 5.78. The van der Waals surface area contributed by atoms with Crippen molar-refractivity contribution in [2.45, 2.75) is 55.9 Å². The van der Waals surface area contributed by atoms with Gasteiger partial charge in [0.1, 0.15) is 18.3 Å². The van der Waals surface area contributed by atoms with Crippen LogP contribution in [0, 0.1) is 0 Å². The van der Waals surface area contributed by atoms with Crippen LogP contribution in [-0.2, 0) is 14.3 Å². The summed E-state index contributed by atoms with van der Waals surface area (Å²) < 4.78 is 17.4. The van der Waals surface area contributed by atoms with Crippen molar-refractivity contribution in [2.75, 3.05) is 0 Å². The first-order chi connectivity index (χ1) is 9.99. The van der Waals surface area contributed by atoms with Crippen molar-refractivity contribution in [3.63, 3.8) is 0 Å². The minimum absolute atomic E-state index is 0.694. The van der Waals surface area contributed by atoms with Gasteiger partial charge in [-0.3, -0.25) is 4.79 Å². The lowest BCUT2D eigenvalue weighted by Gasteiger charge is -2.44. The number of carboxylic acid groups (broad SMARTS) is 1. The molecule has 0 radical (unpaired) electrons. The Labute approximate surface area is 123 Å². The second-order valence-electron chi connectivity index (χ2n) is 5.02. The predicted molar refractivity (Wildman–Crippen MR) is 64.8 cm³/mol. The molecule has 1 rings (SSSR count). The van der Waals surface area contributed by atoms with E-state index < -0.39 is 60.9 Å². The van der Waals surface area contributed by atoms with E-state index in [1.54, 1.807) is 0 Å². The summed E-state index contributed by atoms with van der Waals surface area (Å²) in [5, 5.41) is 58.4. The highest BCUT2D eigenvalue weighted by Crippen LogP contribution is 2.30. The topological polar surface area (TPSA) is 177 Å². The zero-order valence-corrected chi connectivity index (χ0v) is 11.5. The zero-order chi connectivity index (χ0) is 17.2. The lowest BCUT2D eigenvalue weighted by atomic mass is 9.88. The molecule has 2 unspecified atom stereocenters. The van der Waals surface area contributed by atoms with Gasteiger partial charge in [-0.05, 0) is 0 Å². The molecule has 0 aromatic heterocycles. The van der Waals surface area contributed by atoms with Crippen LogP contribution in [0.5, 0.6) is 0 Å². The van der Waals surface area contributed by atoms with Crippen LogP contribution in [0.4, 0.5) is 4.39 Å². The van der Waals surface area contributed by atoms with Crippen LogP contribution in [0.1, 0.15) is 13.3 Å². The normalized spacial score (nSPS) is 36.2. The van der Waals surface area contributed by atoms with Gasteiger partial charge in [0.05, 0.1) is 12.1 Å². The predicted octanol–water partition coefficient (Wildman–Crippen LogP) is -3.58. The van der Waals surface area contributed by atoms with Crippen LogP contribution in [0.3, 0.4) is 0 Å². The number of ether oxygens (including phenoxy) is 1. The molecule has 1 saturated heterocycles. The maximum Gasteiger partial charge on any atom is 0.364 e. The van der Waals surface area contributed by atoms with E-state index in [1.165, 1.54) is 0 Å². The third-order valence-electron chi connectivity index (χ3n) is 3.26. The van der Waals surface area contributed by atoms with Gasteiger partial charge < -0.3 is 40.7 Å². The summed E-state index contributed by atoms with van der Waals surface area (Å²) in [6.45, 7) is 1.05. The van der Waals surface area contributed by atoms with Crippen LogP contribution in [0.15, 0.2) is 0 Å². The van der Waals surface area contributed by atoms with E-state index in [-0.39, 0.29) is 0 Å². The van der Waals surface area contributed by atoms with Gasteiger partial charge in [-0.15, -0.1) is 0 Å². The van der Waals surface area contributed by atoms with Crippen LogP contribution >= 0.6 is 0 Å². The summed E-state index contributed by atoms with van der Waals surface area (Å²) in [7, 11) is 0. The third-order valence-corrected chi connectivity index (χ3v) is 3.26. The molecular formula is C11H18FNO9. The highest BCUT2D eigenvalue weighted by molar-refractivity contribution is 5.76. The third kappa shape index (κ3) is 3.88. The van der Waals surface area contributed by atoms with Crippen molar-refractivity contribution >= 4 is 11.9 Å². The van der Waals surface area contributed by atoms with E-state index in [0.717, 1.165) is 6.92 Å². The van der Waals surface area contributed by atoms with E-state index in [1.807, 2.05) is 0 Å². The Morgan fingerprint density at radius 2 is 1.91 bits per heavy atom. The summed E-state index contributed by atoms with van der Waals surface area (Å²) in [6.07, 6.45) is -12.0. The van der Waals surface area contributed by atoms with Gasteiger partial charge >= 0.3 is 5.97 Å². The minimum atomic E-state index is -2.92. The number of amides is 1. The number of aliphatic hydroxyl groups excluding tert-OH is 4. The average Bonchev–Trinajstić information content (AvgIpc) is 2.39. The number of carbonyl (C=O) groups excluding carboxylic acids is 1. The van der Waals surface area contributed by atoms with Crippen molar-refractivity contribution in [1.29, 1.82) is 0 Å². The SMILES string of the molecule is CC(=O)N[C@@H]1[C@@H](O)C[C@](O)(C(=O)O)O[C@H]1C(O)[C@H](O)C(O)F. The summed E-state index contributed by atoms with van der Waals surface area (Å²) in [6, 6.07) is -1.44. The van der Waals surface area contributed by atoms with E-state index in [9.17, 15) is 34.4 Å². The molecule has 0 aromatic carbocycles. The average molecular weight is 327 g/mol. The van der Waals surface area contributed by atoms with Crippen LogP contribution in [-0.4, -0.2) is 85.1 Å². The number of hydrogen-bond acceptors (Lipinski definition) is 8. The Bertz CT molecular complexity index is 434. The Morgan fingerprint density at radius 1 is 1.36 bits per heavy atom. The molecule has 1 aliphatic rings. The van der Waals surface area contributed by atoms with E-state index >= 15 is 0 Å². The Balaban J connectivity index is 3.11. The maximum absolute atomic E-state index is 12.7. The number of alkyl halides is 1. The molecule has 22 heavy (non-hydrogen) atoms. The largest absolute Gasteiger partial charge is 0.477 e. The van der Waals surface area contributed by atoms with Crippen molar-refractivity contribution in [3.8, 4) is 0 Å². The number of nitrogens with one attached hydrogen (secondary N) is 1.